The summed E-state index contributed by atoms with van der Waals surface area (Å²) in [6.07, 6.45) is 3.54. The van der Waals surface area contributed by atoms with E-state index in [1.165, 1.54) is 4.31 Å². The van der Waals surface area contributed by atoms with Gasteiger partial charge in [0.1, 0.15) is 6.04 Å². The molecule has 1 aliphatic rings. The molecule has 0 heterocycles. The monoisotopic (exact) mass is 324 g/mol. The summed E-state index contributed by atoms with van der Waals surface area (Å²) in [7, 11) is -3.56. The van der Waals surface area contributed by atoms with Crippen LogP contribution in [0.3, 0.4) is 0 Å². The molecule has 1 saturated carbocycles. The van der Waals surface area contributed by atoms with E-state index in [0.29, 0.717) is 12.1 Å². The maximum absolute atomic E-state index is 12.5. The lowest BCUT2D eigenvalue weighted by atomic mass is 10.1. The molecular weight excluding hydrogens is 300 g/mol. The number of hydrogen-bond donors (Lipinski definition) is 1. The summed E-state index contributed by atoms with van der Waals surface area (Å²) in [6.45, 7) is 5.60. The molecule has 1 aromatic rings. The van der Waals surface area contributed by atoms with Crippen LogP contribution >= 0.6 is 0 Å². The third-order valence-corrected chi connectivity index (χ3v) is 5.02. The lowest BCUT2D eigenvalue weighted by Gasteiger charge is -2.31. The van der Waals surface area contributed by atoms with Crippen molar-refractivity contribution in [1.82, 2.24) is 5.32 Å². The number of amides is 1. The predicted octanol–water partition coefficient (Wildman–Crippen LogP) is 2.13. The topological polar surface area (TPSA) is 66.5 Å². The minimum atomic E-state index is -3.56. The number of rotatable bonds is 6. The molecule has 1 aliphatic carbocycles. The molecule has 0 unspecified atom stereocenters. The molecule has 1 fully saturated rings. The van der Waals surface area contributed by atoms with Gasteiger partial charge in [0.2, 0.25) is 15.9 Å². The molecule has 1 atom stereocenters. The van der Waals surface area contributed by atoms with Gasteiger partial charge in [0.05, 0.1) is 11.9 Å². The van der Waals surface area contributed by atoms with E-state index in [1.54, 1.807) is 0 Å². The van der Waals surface area contributed by atoms with Gasteiger partial charge < -0.3 is 5.32 Å². The highest BCUT2D eigenvalue weighted by Crippen LogP contribution is 2.28. The predicted molar refractivity (Wildman–Crippen MR) is 88.5 cm³/mol. The van der Waals surface area contributed by atoms with E-state index in [-0.39, 0.29) is 11.9 Å². The van der Waals surface area contributed by atoms with E-state index in [0.717, 1.165) is 30.2 Å². The van der Waals surface area contributed by atoms with Crippen LogP contribution in [0.4, 0.5) is 5.69 Å². The van der Waals surface area contributed by atoms with Gasteiger partial charge in [-0.1, -0.05) is 19.1 Å². The molecule has 22 heavy (non-hydrogen) atoms. The minimum Gasteiger partial charge on any atom is -0.352 e. The van der Waals surface area contributed by atoms with Gasteiger partial charge in [-0.15, -0.1) is 0 Å². The Bertz CT molecular complexity index is 666. The van der Waals surface area contributed by atoms with E-state index in [9.17, 15) is 13.2 Å². The molecule has 122 valence electrons. The summed E-state index contributed by atoms with van der Waals surface area (Å²) >= 11 is 0. The van der Waals surface area contributed by atoms with E-state index in [4.69, 9.17) is 0 Å². The molecule has 0 radical (unpaired) electrons. The quantitative estimate of drug-likeness (QED) is 0.871. The van der Waals surface area contributed by atoms with E-state index < -0.39 is 16.1 Å². The van der Waals surface area contributed by atoms with Crippen molar-refractivity contribution in [3.8, 4) is 0 Å². The number of anilines is 1. The van der Waals surface area contributed by atoms with Crippen LogP contribution in [-0.4, -0.2) is 32.7 Å². The van der Waals surface area contributed by atoms with E-state index in [2.05, 4.69) is 5.32 Å². The molecule has 1 aromatic carbocycles. The highest BCUT2D eigenvalue weighted by atomic mass is 32.2. The zero-order valence-corrected chi connectivity index (χ0v) is 14.4. The highest BCUT2D eigenvalue weighted by molar-refractivity contribution is 7.92. The third-order valence-electron chi connectivity index (χ3n) is 3.86. The Kier molecular flexibility index (Phi) is 4.80. The molecule has 0 saturated heterocycles. The number of sulfonamides is 1. The average Bonchev–Trinajstić information content (AvgIpc) is 3.21. The van der Waals surface area contributed by atoms with Crippen LogP contribution in [0, 0.1) is 13.8 Å². The Morgan fingerprint density at radius 3 is 2.50 bits per heavy atom. The first-order valence-corrected chi connectivity index (χ1v) is 9.46. The van der Waals surface area contributed by atoms with Crippen LogP contribution in [0.2, 0.25) is 0 Å². The van der Waals surface area contributed by atoms with Gasteiger partial charge in [-0.3, -0.25) is 9.10 Å². The molecular formula is C16H24N2O3S. The summed E-state index contributed by atoms with van der Waals surface area (Å²) in [5.74, 6) is -0.212. The Morgan fingerprint density at radius 1 is 1.36 bits per heavy atom. The van der Waals surface area contributed by atoms with Crippen LogP contribution in [0.15, 0.2) is 18.2 Å². The zero-order chi connectivity index (χ0) is 16.5. The number of aryl methyl sites for hydroxylation is 2. The van der Waals surface area contributed by atoms with Crippen molar-refractivity contribution >= 4 is 21.6 Å². The molecule has 1 amide bonds. The van der Waals surface area contributed by atoms with Crippen LogP contribution in [-0.2, 0) is 14.8 Å². The van der Waals surface area contributed by atoms with Crippen molar-refractivity contribution in [2.45, 2.75) is 52.1 Å². The Labute approximate surface area is 132 Å². The fourth-order valence-electron chi connectivity index (χ4n) is 2.52. The Balaban J connectivity index is 2.44. The summed E-state index contributed by atoms with van der Waals surface area (Å²) in [5, 5.41) is 2.92. The molecule has 2 rings (SSSR count). The first-order chi connectivity index (χ1) is 10.2. The second-order valence-electron chi connectivity index (χ2n) is 6.06. The van der Waals surface area contributed by atoms with Gasteiger partial charge >= 0.3 is 0 Å². The van der Waals surface area contributed by atoms with Crippen LogP contribution in [0.5, 0.6) is 0 Å². The zero-order valence-electron chi connectivity index (χ0n) is 13.6. The van der Waals surface area contributed by atoms with Crippen molar-refractivity contribution < 1.29 is 13.2 Å². The maximum atomic E-state index is 12.5. The molecule has 1 N–H and O–H groups in total. The summed E-state index contributed by atoms with van der Waals surface area (Å²) < 4.78 is 26.0. The summed E-state index contributed by atoms with van der Waals surface area (Å²) in [5.41, 5.74) is 2.39. The van der Waals surface area contributed by atoms with Crippen LogP contribution in [0.25, 0.3) is 0 Å². The van der Waals surface area contributed by atoms with Crippen molar-refractivity contribution in [2.75, 3.05) is 10.6 Å². The van der Waals surface area contributed by atoms with Crippen molar-refractivity contribution in [1.29, 1.82) is 0 Å². The second-order valence-corrected chi connectivity index (χ2v) is 7.92. The smallest absolute Gasteiger partial charge is 0.244 e. The normalized spacial score (nSPS) is 16.2. The van der Waals surface area contributed by atoms with Gasteiger partial charge in [0.15, 0.2) is 0 Å². The number of nitrogens with one attached hydrogen (secondary N) is 1. The lowest BCUT2D eigenvalue weighted by molar-refractivity contribution is -0.122. The van der Waals surface area contributed by atoms with Crippen LogP contribution < -0.4 is 9.62 Å². The van der Waals surface area contributed by atoms with Gasteiger partial charge in [-0.25, -0.2) is 8.42 Å². The SMILES string of the molecule is CC[C@H](C(=O)NC1CC1)N(c1cc(C)ccc1C)S(C)(=O)=O. The fraction of sp³-hybridized carbons (Fsp3) is 0.562. The first kappa shape index (κ1) is 16.8. The largest absolute Gasteiger partial charge is 0.352 e. The Morgan fingerprint density at radius 2 is 2.00 bits per heavy atom. The van der Waals surface area contributed by atoms with Gasteiger partial charge in [-0.05, 0) is 50.3 Å². The van der Waals surface area contributed by atoms with E-state index in [1.807, 2.05) is 39.0 Å². The van der Waals surface area contributed by atoms with Crippen molar-refractivity contribution in [3.05, 3.63) is 29.3 Å². The van der Waals surface area contributed by atoms with Crippen molar-refractivity contribution in [3.63, 3.8) is 0 Å². The van der Waals surface area contributed by atoms with Crippen molar-refractivity contribution in [2.24, 2.45) is 0 Å². The highest BCUT2D eigenvalue weighted by Gasteiger charge is 2.35. The maximum Gasteiger partial charge on any atom is 0.244 e. The molecule has 0 aromatic heterocycles. The molecule has 0 aliphatic heterocycles. The molecule has 6 heteroatoms. The minimum absolute atomic E-state index is 0.210. The fourth-order valence-corrected chi connectivity index (χ4v) is 3.78. The molecule has 0 bridgehead atoms. The number of hydrogen-bond acceptors (Lipinski definition) is 3. The van der Waals surface area contributed by atoms with Gasteiger partial charge in [0.25, 0.3) is 0 Å². The molecule has 0 spiro atoms. The number of carbonyl (C=O) groups excluding carboxylic acids is 1. The number of nitrogens with zero attached hydrogens (tertiary/aromatic N) is 1. The summed E-state index contributed by atoms with van der Waals surface area (Å²) in [4.78, 5) is 12.5. The summed E-state index contributed by atoms with van der Waals surface area (Å²) in [6, 6.07) is 5.14. The number of benzene rings is 1. The first-order valence-electron chi connectivity index (χ1n) is 7.61. The molecule has 5 nitrogen and oxygen atoms in total. The van der Waals surface area contributed by atoms with Gasteiger partial charge in [0, 0.05) is 6.04 Å². The van der Waals surface area contributed by atoms with Crippen LogP contribution in [0.1, 0.15) is 37.3 Å². The lowest BCUT2D eigenvalue weighted by Crippen LogP contribution is -2.50. The second kappa shape index (κ2) is 6.28. The van der Waals surface area contributed by atoms with Gasteiger partial charge in [-0.2, -0.15) is 0 Å². The average molecular weight is 324 g/mol. The van der Waals surface area contributed by atoms with E-state index >= 15 is 0 Å². The third kappa shape index (κ3) is 3.80. The number of carbonyl (C=O) groups is 1. The standard InChI is InChI=1S/C16H24N2O3S/c1-5-14(16(19)17-13-8-9-13)18(22(4,20)21)15-10-11(2)6-7-12(15)3/h6-7,10,13-14H,5,8-9H2,1-4H3,(H,17,19)/t14-/m1/s1. The Hall–Kier alpha value is -1.56.